The quantitative estimate of drug-likeness (QED) is 0.891. The van der Waals surface area contributed by atoms with E-state index in [9.17, 15) is 4.79 Å². The van der Waals surface area contributed by atoms with E-state index in [1.165, 1.54) is 0 Å². The van der Waals surface area contributed by atoms with Crippen molar-refractivity contribution >= 4 is 5.91 Å². The fourth-order valence-corrected chi connectivity index (χ4v) is 2.05. The second-order valence-corrected chi connectivity index (χ2v) is 5.10. The van der Waals surface area contributed by atoms with E-state index in [4.69, 9.17) is 9.47 Å². The van der Waals surface area contributed by atoms with Crippen LogP contribution in [0.4, 0.5) is 0 Å². The Labute approximate surface area is 131 Å². The number of carbonyl (C=O) groups excluding carboxylic acids is 1. The highest BCUT2D eigenvalue weighted by Crippen LogP contribution is 2.17. The Morgan fingerprint density at radius 2 is 1.82 bits per heavy atom. The second-order valence-electron chi connectivity index (χ2n) is 5.10. The SMILES string of the molecule is COc1ccccc1CNC(=O)[C@H](C)Oc1ccc(C)cc1. The lowest BCUT2D eigenvalue weighted by Crippen LogP contribution is -2.35. The van der Waals surface area contributed by atoms with Crippen LogP contribution >= 0.6 is 0 Å². The summed E-state index contributed by atoms with van der Waals surface area (Å²) in [5.74, 6) is 1.28. The molecule has 0 aliphatic heterocycles. The maximum absolute atomic E-state index is 12.1. The number of hydrogen-bond acceptors (Lipinski definition) is 3. The number of aryl methyl sites for hydroxylation is 1. The Kier molecular flexibility index (Phi) is 5.42. The number of amides is 1. The van der Waals surface area contributed by atoms with E-state index in [0.29, 0.717) is 12.3 Å². The van der Waals surface area contributed by atoms with E-state index in [1.54, 1.807) is 14.0 Å². The standard InChI is InChI=1S/C18H21NO3/c1-13-8-10-16(11-9-13)22-14(2)18(20)19-12-15-6-4-5-7-17(15)21-3/h4-11,14H,12H2,1-3H3,(H,19,20)/t14-/m0/s1. The largest absolute Gasteiger partial charge is 0.496 e. The Bertz CT molecular complexity index is 622. The molecule has 0 saturated heterocycles. The molecule has 0 unspecified atom stereocenters. The summed E-state index contributed by atoms with van der Waals surface area (Å²) >= 11 is 0. The molecule has 0 aromatic heterocycles. The molecular weight excluding hydrogens is 278 g/mol. The normalized spacial score (nSPS) is 11.6. The molecule has 2 aromatic carbocycles. The Hall–Kier alpha value is -2.49. The van der Waals surface area contributed by atoms with Crippen molar-refractivity contribution in [2.75, 3.05) is 7.11 Å². The minimum absolute atomic E-state index is 0.161. The fraction of sp³-hybridized carbons (Fsp3) is 0.278. The lowest BCUT2D eigenvalue weighted by Gasteiger charge is -2.15. The van der Waals surface area contributed by atoms with Crippen LogP contribution in [0, 0.1) is 6.92 Å². The van der Waals surface area contributed by atoms with Gasteiger partial charge in [-0.2, -0.15) is 0 Å². The monoisotopic (exact) mass is 299 g/mol. The molecule has 0 saturated carbocycles. The van der Waals surface area contributed by atoms with Gasteiger partial charge in [0.1, 0.15) is 11.5 Å². The Morgan fingerprint density at radius 3 is 2.50 bits per heavy atom. The zero-order valence-electron chi connectivity index (χ0n) is 13.1. The Morgan fingerprint density at radius 1 is 1.14 bits per heavy atom. The zero-order chi connectivity index (χ0) is 15.9. The number of para-hydroxylation sites is 1. The minimum atomic E-state index is -0.558. The van der Waals surface area contributed by atoms with Crippen LogP contribution in [0.1, 0.15) is 18.1 Å². The van der Waals surface area contributed by atoms with Crippen molar-refractivity contribution in [3.05, 3.63) is 59.7 Å². The Balaban J connectivity index is 1.90. The number of nitrogens with one attached hydrogen (secondary N) is 1. The number of hydrogen-bond donors (Lipinski definition) is 1. The van der Waals surface area contributed by atoms with Gasteiger partial charge in [0.2, 0.25) is 0 Å². The van der Waals surface area contributed by atoms with E-state index in [-0.39, 0.29) is 5.91 Å². The molecule has 1 amide bonds. The number of rotatable bonds is 6. The summed E-state index contributed by atoms with van der Waals surface area (Å²) in [6, 6.07) is 15.2. The predicted octanol–water partition coefficient (Wildman–Crippen LogP) is 3.09. The first-order valence-electron chi connectivity index (χ1n) is 7.23. The topological polar surface area (TPSA) is 47.6 Å². The number of carbonyl (C=O) groups is 1. The molecule has 1 N–H and O–H groups in total. The number of methoxy groups -OCH3 is 1. The van der Waals surface area contributed by atoms with Gasteiger partial charge in [-0.25, -0.2) is 0 Å². The molecule has 0 aliphatic carbocycles. The maximum Gasteiger partial charge on any atom is 0.261 e. The first-order chi connectivity index (χ1) is 10.6. The summed E-state index contributed by atoms with van der Waals surface area (Å²) < 4.78 is 10.9. The third kappa shape index (κ3) is 4.25. The summed E-state index contributed by atoms with van der Waals surface area (Å²) in [4.78, 5) is 12.1. The van der Waals surface area contributed by atoms with Gasteiger partial charge in [0.05, 0.1) is 7.11 Å². The van der Waals surface area contributed by atoms with Gasteiger partial charge in [-0.3, -0.25) is 4.79 Å². The first kappa shape index (κ1) is 15.9. The highest BCUT2D eigenvalue weighted by Gasteiger charge is 2.14. The van der Waals surface area contributed by atoms with Crippen molar-refractivity contribution in [3.8, 4) is 11.5 Å². The van der Waals surface area contributed by atoms with E-state index in [0.717, 1.165) is 16.9 Å². The van der Waals surface area contributed by atoms with Gasteiger partial charge in [-0.05, 0) is 32.0 Å². The highest BCUT2D eigenvalue weighted by molar-refractivity contribution is 5.80. The van der Waals surface area contributed by atoms with Crippen LogP contribution in [0.2, 0.25) is 0 Å². The second kappa shape index (κ2) is 7.50. The van der Waals surface area contributed by atoms with E-state index in [1.807, 2.05) is 55.5 Å². The zero-order valence-corrected chi connectivity index (χ0v) is 13.1. The van der Waals surface area contributed by atoms with Crippen LogP contribution in [-0.4, -0.2) is 19.1 Å². The molecule has 0 bridgehead atoms. The van der Waals surface area contributed by atoms with Gasteiger partial charge in [0.15, 0.2) is 6.10 Å². The maximum atomic E-state index is 12.1. The van der Waals surface area contributed by atoms with Gasteiger partial charge in [-0.1, -0.05) is 35.9 Å². The van der Waals surface area contributed by atoms with E-state index < -0.39 is 6.10 Å². The van der Waals surface area contributed by atoms with Crippen molar-refractivity contribution in [2.45, 2.75) is 26.5 Å². The van der Waals surface area contributed by atoms with Gasteiger partial charge < -0.3 is 14.8 Å². The lowest BCUT2D eigenvalue weighted by molar-refractivity contribution is -0.127. The van der Waals surface area contributed by atoms with Gasteiger partial charge in [0, 0.05) is 12.1 Å². The van der Waals surface area contributed by atoms with Gasteiger partial charge in [-0.15, -0.1) is 0 Å². The number of benzene rings is 2. The van der Waals surface area contributed by atoms with Crippen molar-refractivity contribution in [3.63, 3.8) is 0 Å². The van der Waals surface area contributed by atoms with Crippen molar-refractivity contribution in [1.29, 1.82) is 0 Å². The van der Waals surface area contributed by atoms with Crippen LogP contribution in [0.3, 0.4) is 0 Å². The summed E-state index contributed by atoms with van der Waals surface area (Å²) in [5.41, 5.74) is 2.08. The molecule has 0 aliphatic rings. The third-order valence-electron chi connectivity index (χ3n) is 3.35. The fourth-order valence-electron chi connectivity index (χ4n) is 2.05. The van der Waals surface area contributed by atoms with Crippen LogP contribution < -0.4 is 14.8 Å². The summed E-state index contributed by atoms with van der Waals surface area (Å²) in [5, 5.41) is 2.86. The van der Waals surface area contributed by atoms with Crippen molar-refractivity contribution in [1.82, 2.24) is 5.32 Å². The molecule has 116 valence electrons. The molecular formula is C18H21NO3. The predicted molar refractivity (Wildman–Crippen MR) is 86.1 cm³/mol. The summed E-state index contributed by atoms with van der Waals surface area (Å²) in [6.07, 6.45) is -0.558. The average Bonchev–Trinajstić information content (AvgIpc) is 2.54. The molecule has 22 heavy (non-hydrogen) atoms. The molecule has 4 nitrogen and oxygen atoms in total. The van der Waals surface area contributed by atoms with Crippen LogP contribution in [0.5, 0.6) is 11.5 Å². The van der Waals surface area contributed by atoms with Gasteiger partial charge >= 0.3 is 0 Å². The molecule has 4 heteroatoms. The van der Waals surface area contributed by atoms with Crippen molar-refractivity contribution in [2.24, 2.45) is 0 Å². The lowest BCUT2D eigenvalue weighted by atomic mass is 10.2. The van der Waals surface area contributed by atoms with Crippen LogP contribution in [0.25, 0.3) is 0 Å². The molecule has 0 spiro atoms. The van der Waals surface area contributed by atoms with Crippen LogP contribution in [-0.2, 0) is 11.3 Å². The summed E-state index contributed by atoms with van der Waals surface area (Å²) in [6.45, 7) is 4.15. The van der Waals surface area contributed by atoms with Gasteiger partial charge in [0.25, 0.3) is 5.91 Å². The third-order valence-corrected chi connectivity index (χ3v) is 3.35. The van der Waals surface area contributed by atoms with E-state index >= 15 is 0 Å². The minimum Gasteiger partial charge on any atom is -0.496 e. The van der Waals surface area contributed by atoms with Crippen LogP contribution in [0.15, 0.2) is 48.5 Å². The molecule has 0 fully saturated rings. The smallest absolute Gasteiger partial charge is 0.261 e. The highest BCUT2D eigenvalue weighted by atomic mass is 16.5. The summed E-state index contributed by atoms with van der Waals surface area (Å²) in [7, 11) is 1.61. The average molecular weight is 299 g/mol. The molecule has 2 rings (SSSR count). The van der Waals surface area contributed by atoms with E-state index in [2.05, 4.69) is 5.32 Å². The molecule has 0 radical (unpaired) electrons. The molecule has 2 aromatic rings. The molecule has 1 atom stereocenters. The first-order valence-corrected chi connectivity index (χ1v) is 7.23. The molecule has 0 heterocycles. The van der Waals surface area contributed by atoms with Crippen molar-refractivity contribution < 1.29 is 14.3 Å². The number of ether oxygens (including phenoxy) is 2.